The highest BCUT2D eigenvalue weighted by Gasteiger charge is 2.33. The van der Waals surface area contributed by atoms with Crippen molar-refractivity contribution in [1.29, 1.82) is 0 Å². The highest BCUT2D eigenvalue weighted by molar-refractivity contribution is 5.94. The van der Waals surface area contributed by atoms with Crippen LogP contribution in [-0.4, -0.2) is 23.2 Å². The molecule has 1 saturated carbocycles. The van der Waals surface area contributed by atoms with Crippen molar-refractivity contribution in [3.8, 4) is 0 Å². The van der Waals surface area contributed by atoms with Crippen LogP contribution in [0.2, 0.25) is 0 Å². The molecule has 20 heavy (non-hydrogen) atoms. The fourth-order valence-corrected chi connectivity index (χ4v) is 3.22. The van der Waals surface area contributed by atoms with Gasteiger partial charge in [-0.15, -0.1) is 0 Å². The number of hydrogen-bond acceptors (Lipinski definition) is 3. The zero-order valence-corrected chi connectivity index (χ0v) is 12.1. The van der Waals surface area contributed by atoms with E-state index >= 15 is 0 Å². The van der Waals surface area contributed by atoms with Crippen LogP contribution < -0.4 is 11.1 Å². The van der Waals surface area contributed by atoms with Crippen LogP contribution >= 0.6 is 0 Å². The lowest BCUT2D eigenvalue weighted by Crippen LogP contribution is -2.51. The lowest BCUT2D eigenvalue weighted by Gasteiger charge is -2.39. The lowest BCUT2D eigenvalue weighted by molar-refractivity contribution is 0.0969. The van der Waals surface area contributed by atoms with Gasteiger partial charge in [-0.25, -0.2) is 0 Å². The first-order valence-corrected chi connectivity index (χ1v) is 7.30. The summed E-state index contributed by atoms with van der Waals surface area (Å²) in [6, 6.07) is 7.37. The van der Waals surface area contributed by atoms with Crippen molar-refractivity contribution in [2.45, 2.75) is 44.7 Å². The van der Waals surface area contributed by atoms with Gasteiger partial charge in [-0.3, -0.25) is 4.79 Å². The summed E-state index contributed by atoms with van der Waals surface area (Å²) < 4.78 is 0. The van der Waals surface area contributed by atoms with Gasteiger partial charge in [0.25, 0.3) is 0 Å². The number of nitrogens with one attached hydrogen (secondary N) is 1. The van der Waals surface area contributed by atoms with Crippen LogP contribution in [0, 0.1) is 5.92 Å². The van der Waals surface area contributed by atoms with Crippen molar-refractivity contribution in [2.75, 3.05) is 6.61 Å². The summed E-state index contributed by atoms with van der Waals surface area (Å²) in [4.78, 5) is 11.4. The third kappa shape index (κ3) is 3.38. The Kier molecular flexibility index (Phi) is 4.78. The molecule has 2 unspecified atom stereocenters. The van der Waals surface area contributed by atoms with Crippen LogP contribution in [0.1, 0.15) is 48.5 Å². The minimum atomic E-state index is -0.405. The van der Waals surface area contributed by atoms with E-state index in [1.54, 1.807) is 6.07 Å². The molecule has 0 aromatic heterocycles. The molecule has 2 rings (SSSR count). The third-order valence-corrected chi connectivity index (χ3v) is 4.33. The molecule has 4 N–H and O–H groups in total. The highest BCUT2D eigenvalue weighted by atomic mass is 16.3. The number of carbonyl (C=O) groups excluding carboxylic acids is 1. The fourth-order valence-electron chi connectivity index (χ4n) is 3.22. The predicted molar refractivity (Wildman–Crippen MR) is 79.2 cm³/mol. The second kappa shape index (κ2) is 6.37. The van der Waals surface area contributed by atoms with E-state index in [0.29, 0.717) is 18.0 Å². The Bertz CT molecular complexity index is 475. The molecular weight excluding hydrogens is 252 g/mol. The van der Waals surface area contributed by atoms with Crippen molar-refractivity contribution in [3.63, 3.8) is 0 Å². The molecule has 1 aliphatic carbocycles. The molecule has 2 atom stereocenters. The molecule has 1 fully saturated rings. The van der Waals surface area contributed by atoms with Crippen molar-refractivity contribution in [1.82, 2.24) is 5.32 Å². The largest absolute Gasteiger partial charge is 0.394 e. The molecule has 1 amide bonds. The van der Waals surface area contributed by atoms with E-state index < -0.39 is 5.91 Å². The fraction of sp³-hybridized carbons (Fsp3) is 0.562. The molecule has 1 aromatic rings. The number of aliphatic hydroxyl groups is 1. The summed E-state index contributed by atoms with van der Waals surface area (Å²) in [7, 11) is 0. The minimum Gasteiger partial charge on any atom is -0.394 e. The minimum absolute atomic E-state index is 0.135. The number of nitrogens with two attached hydrogens (primary N) is 1. The van der Waals surface area contributed by atoms with E-state index in [0.717, 1.165) is 24.8 Å². The summed E-state index contributed by atoms with van der Waals surface area (Å²) in [5.74, 6) is 0.215. The Labute approximate surface area is 120 Å². The number of benzene rings is 1. The zero-order chi connectivity index (χ0) is 14.6. The average Bonchev–Trinajstić information content (AvgIpc) is 2.45. The zero-order valence-electron chi connectivity index (χ0n) is 12.1. The molecule has 0 aliphatic heterocycles. The lowest BCUT2D eigenvalue weighted by atomic mass is 9.76. The van der Waals surface area contributed by atoms with Crippen LogP contribution in [0.3, 0.4) is 0 Å². The first kappa shape index (κ1) is 15.0. The summed E-state index contributed by atoms with van der Waals surface area (Å²) >= 11 is 0. The topological polar surface area (TPSA) is 75.3 Å². The number of aliphatic hydroxyl groups excluding tert-OH is 1. The van der Waals surface area contributed by atoms with Gasteiger partial charge in [-0.2, -0.15) is 0 Å². The maximum absolute atomic E-state index is 11.4. The second-order valence-electron chi connectivity index (χ2n) is 6.01. The molecule has 0 heterocycles. The van der Waals surface area contributed by atoms with Gasteiger partial charge in [-0.05, 0) is 30.4 Å². The standard InChI is InChI=1S/C16H24N2O2/c1-12-5-4-8-16(9-12,11-19)18-10-13-6-2-3-7-14(13)15(17)20/h2-3,6-7,12,18-19H,4-5,8-11H2,1H3,(H2,17,20). The van der Waals surface area contributed by atoms with E-state index in [4.69, 9.17) is 5.73 Å². The van der Waals surface area contributed by atoms with Crippen LogP contribution in [0.15, 0.2) is 24.3 Å². The van der Waals surface area contributed by atoms with E-state index in [9.17, 15) is 9.90 Å². The van der Waals surface area contributed by atoms with Crippen LogP contribution in [0.5, 0.6) is 0 Å². The van der Waals surface area contributed by atoms with Crippen molar-refractivity contribution in [3.05, 3.63) is 35.4 Å². The van der Waals surface area contributed by atoms with Crippen LogP contribution in [0.4, 0.5) is 0 Å². The molecule has 0 radical (unpaired) electrons. The Morgan fingerprint density at radius 3 is 2.90 bits per heavy atom. The number of amides is 1. The van der Waals surface area contributed by atoms with Gasteiger partial charge in [0.2, 0.25) is 5.91 Å². The van der Waals surface area contributed by atoms with Crippen LogP contribution in [-0.2, 0) is 6.54 Å². The normalized spacial score (nSPS) is 26.4. The van der Waals surface area contributed by atoms with Crippen molar-refractivity contribution >= 4 is 5.91 Å². The monoisotopic (exact) mass is 276 g/mol. The summed E-state index contributed by atoms with van der Waals surface area (Å²) in [6.07, 6.45) is 4.31. The number of rotatable bonds is 5. The first-order chi connectivity index (χ1) is 9.56. The van der Waals surface area contributed by atoms with E-state index in [2.05, 4.69) is 12.2 Å². The SMILES string of the molecule is CC1CCCC(CO)(NCc2ccccc2C(N)=O)C1. The van der Waals surface area contributed by atoms with E-state index in [1.165, 1.54) is 6.42 Å². The van der Waals surface area contributed by atoms with Crippen molar-refractivity contribution in [2.24, 2.45) is 11.7 Å². The highest BCUT2D eigenvalue weighted by Crippen LogP contribution is 2.32. The first-order valence-electron chi connectivity index (χ1n) is 7.30. The Morgan fingerprint density at radius 1 is 1.50 bits per heavy atom. The van der Waals surface area contributed by atoms with E-state index in [1.807, 2.05) is 18.2 Å². The molecule has 1 aliphatic rings. The summed E-state index contributed by atoms with van der Waals surface area (Å²) in [5.41, 5.74) is 6.62. The third-order valence-electron chi connectivity index (χ3n) is 4.33. The number of hydrogen-bond donors (Lipinski definition) is 3. The number of primary amides is 1. The quantitative estimate of drug-likeness (QED) is 0.768. The van der Waals surface area contributed by atoms with Gasteiger partial charge in [-0.1, -0.05) is 38.0 Å². The molecule has 0 saturated heterocycles. The van der Waals surface area contributed by atoms with Gasteiger partial charge in [0.1, 0.15) is 0 Å². The van der Waals surface area contributed by atoms with Gasteiger partial charge in [0.05, 0.1) is 6.61 Å². The predicted octanol–water partition coefficient (Wildman–Crippen LogP) is 1.82. The summed E-state index contributed by atoms with van der Waals surface area (Å²) in [5, 5.41) is 13.2. The average molecular weight is 276 g/mol. The summed E-state index contributed by atoms with van der Waals surface area (Å²) in [6.45, 7) is 2.92. The Balaban J connectivity index is 2.09. The molecule has 0 bridgehead atoms. The maximum atomic E-state index is 11.4. The molecule has 4 heteroatoms. The molecular formula is C16H24N2O2. The van der Waals surface area contributed by atoms with Gasteiger partial charge < -0.3 is 16.2 Å². The van der Waals surface area contributed by atoms with Crippen molar-refractivity contribution < 1.29 is 9.90 Å². The number of carbonyl (C=O) groups is 1. The Morgan fingerprint density at radius 2 is 2.25 bits per heavy atom. The molecule has 4 nitrogen and oxygen atoms in total. The van der Waals surface area contributed by atoms with Gasteiger partial charge in [0, 0.05) is 17.6 Å². The van der Waals surface area contributed by atoms with Crippen LogP contribution in [0.25, 0.3) is 0 Å². The second-order valence-corrected chi connectivity index (χ2v) is 6.01. The van der Waals surface area contributed by atoms with E-state index in [-0.39, 0.29) is 12.1 Å². The molecule has 110 valence electrons. The smallest absolute Gasteiger partial charge is 0.249 e. The maximum Gasteiger partial charge on any atom is 0.249 e. The molecule has 0 spiro atoms. The van der Waals surface area contributed by atoms with Gasteiger partial charge >= 0.3 is 0 Å². The Hall–Kier alpha value is -1.39. The molecule has 1 aromatic carbocycles. The van der Waals surface area contributed by atoms with Gasteiger partial charge in [0.15, 0.2) is 0 Å².